The van der Waals surface area contributed by atoms with Crippen LogP contribution in [0, 0.1) is 0 Å². The summed E-state index contributed by atoms with van der Waals surface area (Å²) in [5.74, 6) is -0.295. The third-order valence-corrected chi connectivity index (χ3v) is 6.72. The zero-order valence-electron chi connectivity index (χ0n) is 16.5. The van der Waals surface area contributed by atoms with Gasteiger partial charge in [-0.3, -0.25) is 9.59 Å². The predicted molar refractivity (Wildman–Crippen MR) is 123 cm³/mol. The number of rotatable bonds is 4. The van der Waals surface area contributed by atoms with E-state index in [1.54, 1.807) is 0 Å². The SMILES string of the molecule is CCn1c2ccccc2c2cc(NC(=O)C[C@H]3Sc4ccccc4NC3=O)ccc21. The Balaban J connectivity index is 1.37. The van der Waals surface area contributed by atoms with Crippen molar-refractivity contribution in [1.82, 2.24) is 4.57 Å². The predicted octanol–water partition coefficient (Wildman–Crippen LogP) is 5.26. The molecule has 0 saturated heterocycles. The molecule has 0 radical (unpaired) electrons. The average Bonchev–Trinajstić information content (AvgIpc) is 3.07. The molecule has 5 nitrogen and oxygen atoms in total. The zero-order chi connectivity index (χ0) is 20.7. The number of nitrogens with zero attached hydrogens (tertiary/aromatic N) is 1. The highest BCUT2D eigenvalue weighted by atomic mass is 32.2. The number of anilines is 2. The monoisotopic (exact) mass is 415 g/mol. The molecule has 0 fully saturated rings. The van der Waals surface area contributed by atoms with Crippen LogP contribution in [0.3, 0.4) is 0 Å². The Hall–Kier alpha value is -3.25. The van der Waals surface area contributed by atoms with Crippen molar-refractivity contribution in [2.45, 2.75) is 30.0 Å². The molecular formula is C24H21N3O2S. The highest BCUT2D eigenvalue weighted by Gasteiger charge is 2.28. The molecule has 4 aromatic rings. The van der Waals surface area contributed by atoms with E-state index in [4.69, 9.17) is 0 Å². The van der Waals surface area contributed by atoms with Gasteiger partial charge in [-0.2, -0.15) is 0 Å². The summed E-state index contributed by atoms with van der Waals surface area (Å²) in [5.41, 5.74) is 3.89. The number of carbonyl (C=O) groups excluding carboxylic acids is 2. The van der Waals surface area contributed by atoms with Gasteiger partial charge < -0.3 is 15.2 Å². The van der Waals surface area contributed by atoms with Gasteiger partial charge in [0.15, 0.2) is 0 Å². The first-order chi connectivity index (χ1) is 14.6. The Morgan fingerprint density at radius 1 is 1.03 bits per heavy atom. The Kier molecular flexibility index (Phi) is 4.71. The lowest BCUT2D eigenvalue weighted by molar-refractivity contribution is -0.120. The number of nitrogens with one attached hydrogen (secondary N) is 2. The van der Waals surface area contributed by atoms with Crippen LogP contribution >= 0.6 is 11.8 Å². The lowest BCUT2D eigenvalue weighted by atomic mass is 10.1. The fraction of sp³-hybridized carbons (Fsp3) is 0.167. The lowest BCUT2D eigenvalue weighted by Crippen LogP contribution is -2.32. The van der Waals surface area contributed by atoms with Crippen LogP contribution in [-0.4, -0.2) is 21.6 Å². The summed E-state index contributed by atoms with van der Waals surface area (Å²) in [5, 5.41) is 7.71. The van der Waals surface area contributed by atoms with Crippen molar-refractivity contribution in [3.05, 3.63) is 66.7 Å². The molecule has 0 aliphatic carbocycles. The summed E-state index contributed by atoms with van der Waals surface area (Å²) in [7, 11) is 0. The smallest absolute Gasteiger partial charge is 0.238 e. The second-order valence-corrected chi connectivity index (χ2v) is 8.58. The van der Waals surface area contributed by atoms with Crippen molar-refractivity contribution in [1.29, 1.82) is 0 Å². The third kappa shape index (κ3) is 3.23. The standard InChI is InChI=1S/C24H21N3O2S/c1-2-27-19-9-5-3-7-16(19)17-13-15(11-12-20(17)27)25-23(28)14-22-24(29)26-18-8-4-6-10-21(18)30-22/h3-13,22H,2,14H2,1H3,(H,25,28)(H,26,29)/t22-/m1/s1. The van der Waals surface area contributed by atoms with Crippen LogP contribution in [0.15, 0.2) is 71.6 Å². The second-order valence-electron chi connectivity index (χ2n) is 7.34. The van der Waals surface area contributed by atoms with Gasteiger partial charge in [0.25, 0.3) is 0 Å². The number of hydrogen-bond donors (Lipinski definition) is 2. The molecule has 0 bridgehead atoms. The molecule has 5 rings (SSSR count). The summed E-state index contributed by atoms with van der Waals surface area (Å²) in [4.78, 5) is 26.1. The Bertz CT molecular complexity index is 1290. The number of benzene rings is 3. The summed E-state index contributed by atoms with van der Waals surface area (Å²) in [6, 6.07) is 21.9. The van der Waals surface area contributed by atoms with E-state index in [1.807, 2.05) is 54.6 Å². The van der Waals surface area contributed by atoms with E-state index in [0.717, 1.165) is 33.7 Å². The number of para-hydroxylation sites is 2. The fourth-order valence-corrected chi connectivity index (χ4v) is 5.19. The summed E-state index contributed by atoms with van der Waals surface area (Å²) >= 11 is 1.44. The maximum atomic E-state index is 12.7. The van der Waals surface area contributed by atoms with Crippen molar-refractivity contribution in [3.63, 3.8) is 0 Å². The van der Waals surface area contributed by atoms with Crippen molar-refractivity contribution in [3.8, 4) is 0 Å². The first-order valence-electron chi connectivity index (χ1n) is 10.0. The van der Waals surface area contributed by atoms with Gasteiger partial charge in [0, 0.05) is 45.4 Å². The van der Waals surface area contributed by atoms with Gasteiger partial charge in [0.05, 0.1) is 10.9 Å². The van der Waals surface area contributed by atoms with Crippen LogP contribution in [0.5, 0.6) is 0 Å². The highest BCUT2D eigenvalue weighted by Crippen LogP contribution is 2.37. The van der Waals surface area contributed by atoms with Crippen molar-refractivity contribution in [2.24, 2.45) is 0 Å². The quantitative estimate of drug-likeness (QED) is 0.478. The second kappa shape index (κ2) is 7.54. The van der Waals surface area contributed by atoms with E-state index in [-0.39, 0.29) is 18.2 Å². The number of amides is 2. The molecular weight excluding hydrogens is 394 g/mol. The Morgan fingerprint density at radius 2 is 1.80 bits per heavy atom. The molecule has 2 amide bonds. The van der Waals surface area contributed by atoms with E-state index in [2.05, 4.69) is 34.3 Å². The van der Waals surface area contributed by atoms with Gasteiger partial charge in [0.2, 0.25) is 11.8 Å². The maximum Gasteiger partial charge on any atom is 0.238 e. The van der Waals surface area contributed by atoms with E-state index in [0.29, 0.717) is 0 Å². The Labute approximate surface area is 178 Å². The van der Waals surface area contributed by atoms with Crippen LogP contribution in [-0.2, 0) is 16.1 Å². The number of thioether (sulfide) groups is 1. The van der Waals surface area contributed by atoms with Gasteiger partial charge >= 0.3 is 0 Å². The maximum absolute atomic E-state index is 12.7. The van der Waals surface area contributed by atoms with Gasteiger partial charge in [-0.25, -0.2) is 0 Å². The molecule has 150 valence electrons. The number of hydrogen-bond acceptors (Lipinski definition) is 3. The van der Waals surface area contributed by atoms with E-state index >= 15 is 0 Å². The topological polar surface area (TPSA) is 63.1 Å². The molecule has 0 spiro atoms. The minimum Gasteiger partial charge on any atom is -0.341 e. The molecule has 1 aliphatic rings. The van der Waals surface area contributed by atoms with Crippen LogP contribution in [0.2, 0.25) is 0 Å². The number of aromatic nitrogens is 1. The number of carbonyl (C=O) groups is 2. The van der Waals surface area contributed by atoms with Crippen LogP contribution in [0.4, 0.5) is 11.4 Å². The van der Waals surface area contributed by atoms with Crippen molar-refractivity contribution >= 4 is 56.8 Å². The molecule has 30 heavy (non-hydrogen) atoms. The van der Waals surface area contributed by atoms with Crippen LogP contribution in [0.1, 0.15) is 13.3 Å². The van der Waals surface area contributed by atoms with Crippen molar-refractivity contribution in [2.75, 3.05) is 10.6 Å². The summed E-state index contributed by atoms with van der Waals surface area (Å²) in [6.07, 6.45) is 0.125. The minimum absolute atomic E-state index is 0.125. The van der Waals surface area contributed by atoms with Crippen LogP contribution in [0.25, 0.3) is 21.8 Å². The normalized spacial score (nSPS) is 15.8. The first-order valence-corrected chi connectivity index (χ1v) is 10.9. The molecule has 1 aliphatic heterocycles. The largest absolute Gasteiger partial charge is 0.341 e. The average molecular weight is 416 g/mol. The molecule has 1 aromatic heterocycles. The fourth-order valence-electron chi connectivity index (χ4n) is 4.08. The van der Waals surface area contributed by atoms with Crippen molar-refractivity contribution < 1.29 is 9.59 Å². The van der Waals surface area contributed by atoms with Gasteiger partial charge in [-0.1, -0.05) is 30.3 Å². The lowest BCUT2D eigenvalue weighted by Gasteiger charge is -2.23. The van der Waals surface area contributed by atoms with E-state index in [1.165, 1.54) is 22.7 Å². The van der Waals surface area contributed by atoms with Crippen LogP contribution < -0.4 is 10.6 Å². The number of fused-ring (bicyclic) bond motifs is 4. The van der Waals surface area contributed by atoms with Gasteiger partial charge in [0.1, 0.15) is 0 Å². The minimum atomic E-state index is -0.439. The molecule has 0 saturated carbocycles. The van der Waals surface area contributed by atoms with E-state index < -0.39 is 5.25 Å². The molecule has 2 N–H and O–H groups in total. The molecule has 3 aromatic carbocycles. The van der Waals surface area contributed by atoms with Gasteiger partial charge in [-0.15, -0.1) is 11.8 Å². The third-order valence-electron chi connectivity index (χ3n) is 5.45. The first kappa shape index (κ1) is 18.8. The van der Waals surface area contributed by atoms with E-state index in [9.17, 15) is 9.59 Å². The summed E-state index contributed by atoms with van der Waals surface area (Å²) in [6.45, 7) is 3.01. The highest BCUT2D eigenvalue weighted by molar-refractivity contribution is 8.01. The molecule has 6 heteroatoms. The Morgan fingerprint density at radius 3 is 2.67 bits per heavy atom. The number of aryl methyl sites for hydroxylation is 1. The van der Waals surface area contributed by atoms with Gasteiger partial charge in [-0.05, 0) is 43.3 Å². The summed E-state index contributed by atoms with van der Waals surface area (Å²) < 4.78 is 2.27. The molecule has 2 heterocycles. The zero-order valence-corrected chi connectivity index (χ0v) is 17.3. The molecule has 0 unspecified atom stereocenters. The molecule has 1 atom stereocenters.